The minimum Gasteiger partial charge on any atom is -0.346 e. The van der Waals surface area contributed by atoms with Crippen molar-refractivity contribution in [3.63, 3.8) is 0 Å². The smallest absolute Gasteiger partial charge is 0.253 e. The molecular weight excluding hydrogens is 502 g/mol. The lowest BCUT2D eigenvalue weighted by molar-refractivity contribution is -0.0412. The van der Waals surface area contributed by atoms with E-state index in [4.69, 9.17) is 5.26 Å². The highest BCUT2D eigenvalue weighted by atomic mass is 19.1. The van der Waals surface area contributed by atoms with Crippen molar-refractivity contribution >= 4 is 16.9 Å². The van der Waals surface area contributed by atoms with Gasteiger partial charge in [-0.25, -0.2) is 13.8 Å². The summed E-state index contributed by atoms with van der Waals surface area (Å²) in [7, 11) is 0. The van der Waals surface area contributed by atoms with Crippen molar-refractivity contribution in [1.29, 1.82) is 10.5 Å². The molecule has 5 heterocycles. The Hall–Kier alpha value is -4.61. The molecule has 0 aliphatic carbocycles. The summed E-state index contributed by atoms with van der Waals surface area (Å²) in [4.78, 5) is 24.0. The standard InChI is InChI=1S/C28H24F2N8O/c29-23-2-1-18(11-19(23)12-32)27(39)36-9-4-21(5-10-36)37-16-28(17-37,6-7-31)38-15-20(13-35-38)25-22-3-8-33-26(22)34-14-24(25)30/h1-3,8,11,13-15,21H,4-6,9-10,16-17H2,(H,33,34). The summed E-state index contributed by atoms with van der Waals surface area (Å²) in [5, 5.41) is 23.9. The molecule has 1 aromatic carbocycles. The quantitative estimate of drug-likeness (QED) is 0.423. The molecule has 0 saturated carbocycles. The van der Waals surface area contributed by atoms with Gasteiger partial charge < -0.3 is 9.88 Å². The van der Waals surface area contributed by atoms with Crippen LogP contribution in [0.25, 0.3) is 22.2 Å². The minimum atomic E-state index is -0.639. The Balaban J connectivity index is 1.13. The van der Waals surface area contributed by atoms with Crippen LogP contribution in [-0.2, 0) is 5.54 Å². The number of fused-ring (bicyclic) bond motifs is 1. The second kappa shape index (κ2) is 9.61. The van der Waals surface area contributed by atoms with Gasteiger partial charge in [0.05, 0.1) is 30.4 Å². The largest absolute Gasteiger partial charge is 0.346 e. The molecular formula is C28H24F2N8O. The SMILES string of the molecule is N#CCC1(n2cc(-c3c(F)cnc4[nH]ccc34)cn2)CN(C2CCN(C(=O)c3ccc(F)c(C#N)c3)CC2)C1. The van der Waals surface area contributed by atoms with E-state index in [0.717, 1.165) is 18.9 Å². The van der Waals surface area contributed by atoms with Gasteiger partial charge in [-0.2, -0.15) is 15.6 Å². The summed E-state index contributed by atoms with van der Waals surface area (Å²) in [5.41, 5.74) is 1.30. The summed E-state index contributed by atoms with van der Waals surface area (Å²) >= 11 is 0. The molecule has 0 atom stereocenters. The first-order chi connectivity index (χ1) is 18.9. The van der Waals surface area contributed by atoms with Gasteiger partial charge in [-0.1, -0.05) is 0 Å². The van der Waals surface area contributed by atoms with Gasteiger partial charge in [0, 0.05) is 66.7 Å². The number of hydrogen-bond acceptors (Lipinski definition) is 6. The van der Waals surface area contributed by atoms with E-state index in [0.29, 0.717) is 53.9 Å². The van der Waals surface area contributed by atoms with Gasteiger partial charge in [-0.15, -0.1) is 0 Å². The summed E-state index contributed by atoms with van der Waals surface area (Å²) in [6.45, 7) is 2.35. The lowest BCUT2D eigenvalue weighted by atomic mass is 9.83. The zero-order valence-electron chi connectivity index (χ0n) is 20.9. The Morgan fingerprint density at radius 2 is 1.92 bits per heavy atom. The number of hydrogen-bond donors (Lipinski definition) is 1. The Morgan fingerprint density at radius 1 is 1.13 bits per heavy atom. The molecule has 2 aliphatic rings. The number of nitrogens with one attached hydrogen (secondary N) is 1. The summed E-state index contributed by atoms with van der Waals surface area (Å²) < 4.78 is 30.2. The normalized spacial score (nSPS) is 17.5. The van der Waals surface area contributed by atoms with Gasteiger partial charge in [-0.05, 0) is 37.1 Å². The average molecular weight is 527 g/mol. The molecule has 196 valence electrons. The second-order valence-electron chi connectivity index (χ2n) is 10.2. The van der Waals surface area contributed by atoms with Crippen LogP contribution in [0.15, 0.2) is 49.1 Å². The fourth-order valence-corrected chi connectivity index (χ4v) is 5.80. The predicted molar refractivity (Wildman–Crippen MR) is 137 cm³/mol. The molecule has 0 radical (unpaired) electrons. The molecule has 1 N–H and O–H groups in total. The fraction of sp³-hybridized carbons (Fsp3) is 0.321. The van der Waals surface area contributed by atoms with Crippen LogP contribution in [0.3, 0.4) is 0 Å². The lowest BCUT2D eigenvalue weighted by Gasteiger charge is -2.53. The van der Waals surface area contributed by atoms with Crippen molar-refractivity contribution in [2.75, 3.05) is 26.2 Å². The zero-order chi connectivity index (χ0) is 27.1. The van der Waals surface area contributed by atoms with Gasteiger partial charge in [0.2, 0.25) is 0 Å². The van der Waals surface area contributed by atoms with Crippen LogP contribution in [-0.4, -0.2) is 67.7 Å². The first-order valence-corrected chi connectivity index (χ1v) is 12.7. The Kier molecular flexibility index (Phi) is 6.09. The number of pyridine rings is 1. The minimum absolute atomic E-state index is 0.142. The Labute approximate surface area is 222 Å². The molecule has 2 saturated heterocycles. The van der Waals surface area contributed by atoms with E-state index in [1.54, 1.807) is 40.3 Å². The topological polar surface area (TPSA) is 118 Å². The van der Waals surface area contributed by atoms with Crippen molar-refractivity contribution in [1.82, 2.24) is 29.5 Å². The van der Waals surface area contributed by atoms with E-state index in [1.165, 1.54) is 18.3 Å². The molecule has 4 aromatic rings. The van der Waals surface area contributed by atoms with E-state index in [1.807, 2.05) is 0 Å². The fourth-order valence-electron chi connectivity index (χ4n) is 5.80. The third-order valence-corrected chi connectivity index (χ3v) is 7.90. The van der Waals surface area contributed by atoms with Gasteiger partial charge in [0.1, 0.15) is 28.9 Å². The molecule has 2 fully saturated rings. The monoisotopic (exact) mass is 526 g/mol. The summed E-state index contributed by atoms with van der Waals surface area (Å²) in [6, 6.07) is 9.96. The molecule has 6 rings (SSSR count). The van der Waals surface area contributed by atoms with E-state index in [2.05, 4.69) is 26.0 Å². The summed E-state index contributed by atoms with van der Waals surface area (Å²) in [6.07, 6.45) is 8.14. The highest BCUT2D eigenvalue weighted by Gasteiger charge is 2.48. The molecule has 0 spiro atoms. The van der Waals surface area contributed by atoms with Gasteiger partial charge in [0.25, 0.3) is 5.91 Å². The van der Waals surface area contributed by atoms with Crippen molar-refractivity contribution in [2.45, 2.75) is 30.8 Å². The molecule has 0 unspecified atom stereocenters. The number of benzene rings is 1. The lowest BCUT2D eigenvalue weighted by Crippen LogP contribution is -2.66. The predicted octanol–water partition coefficient (Wildman–Crippen LogP) is 3.81. The van der Waals surface area contributed by atoms with E-state index in [9.17, 15) is 18.8 Å². The number of aromatic amines is 1. The average Bonchev–Trinajstić information content (AvgIpc) is 3.61. The van der Waals surface area contributed by atoms with Crippen LogP contribution in [0, 0.1) is 34.3 Å². The summed E-state index contributed by atoms with van der Waals surface area (Å²) in [5.74, 6) is -1.28. The maximum absolute atomic E-state index is 14.8. The first-order valence-electron chi connectivity index (χ1n) is 12.7. The third kappa shape index (κ3) is 4.21. The van der Waals surface area contributed by atoms with Gasteiger partial charge >= 0.3 is 0 Å². The zero-order valence-corrected chi connectivity index (χ0v) is 20.9. The number of carbonyl (C=O) groups is 1. The molecule has 0 bridgehead atoms. The van der Waals surface area contributed by atoms with E-state index < -0.39 is 17.2 Å². The highest BCUT2D eigenvalue weighted by molar-refractivity contribution is 5.94. The van der Waals surface area contributed by atoms with Gasteiger partial charge in [-0.3, -0.25) is 14.4 Å². The molecule has 3 aromatic heterocycles. The number of piperidine rings is 1. The van der Waals surface area contributed by atoms with Gasteiger partial charge in [0.15, 0.2) is 0 Å². The van der Waals surface area contributed by atoms with Crippen LogP contribution in [0.1, 0.15) is 35.2 Å². The van der Waals surface area contributed by atoms with Crippen molar-refractivity contribution < 1.29 is 13.6 Å². The second-order valence-corrected chi connectivity index (χ2v) is 10.2. The molecule has 9 nitrogen and oxygen atoms in total. The maximum Gasteiger partial charge on any atom is 0.253 e. The van der Waals surface area contributed by atoms with Crippen LogP contribution >= 0.6 is 0 Å². The van der Waals surface area contributed by atoms with Crippen molar-refractivity contribution in [3.05, 3.63) is 71.8 Å². The first kappa shape index (κ1) is 24.7. The Bertz CT molecular complexity index is 1650. The third-order valence-electron chi connectivity index (χ3n) is 7.90. The van der Waals surface area contributed by atoms with Crippen LogP contribution in [0.5, 0.6) is 0 Å². The number of nitriles is 2. The van der Waals surface area contributed by atoms with Crippen LogP contribution < -0.4 is 0 Å². The molecule has 39 heavy (non-hydrogen) atoms. The Morgan fingerprint density at radius 3 is 2.67 bits per heavy atom. The molecule has 11 heteroatoms. The maximum atomic E-state index is 14.8. The number of aromatic nitrogens is 4. The highest BCUT2D eigenvalue weighted by Crippen LogP contribution is 2.38. The number of rotatable bonds is 5. The number of halogens is 2. The van der Waals surface area contributed by atoms with E-state index >= 15 is 0 Å². The number of carbonyl (C=O) groups excluding carboxylic acids is 1. The van der Waals surface area contributed by atoms with Crippen LogP contribution in [0.2, 0.25) is 0 Å². The molecule has 2 aliphatic heterocycles. The number of nitrogens with zero attached hydrogens (tertiary/aromatic N) is 7. The number of likely N-dealkylation sites (tertiary alicyclic amines) is 2. The molecule has 1 amide bonds. The van der Waals surface area contributed by atoms with Crippen molar-refractivity contribution in [3.8, 4) is 23.3 Å². The van der Waals surface area contributed by atoms with E-state index in [-0.39, 0.29) is 23.9 Å². The number of H-pyrrole nitrogens is 1. The number of amides is 1. The van der Waals surface area contributed by atoms with Crippen LogP contribution in [0.4, 0.5) is 8.78 Å². The van der Waals surface area contributed by atoms with Crippen molar-refractivity contribution in [2.24, 2.45) is 0 Å².